The van der Waals surface area contributed by atoms with Crippen LogP contribution in [0.3, 0.4) is 0 Å². The fourth-order valence-corrected chi connectivity index (χ4v) is 2.82. The first-order valence-electron chi connectivity index (χ1n) is 7.08. The molecule has 0 aliphatic carbocycles. The molecule has 0 saturated carbocycles. The fourth-order valence-electron chi connectivity index (χ4n) is 2.37. The minimum atomic E-state index is 0.160. The van der Waals surface area contributed by atoms with Gasteiger partial charge in [-0.05, 0) is 49.0 Å². The SMILES string of the molecule is CCc1ccc(C(Cc2c(Br)c(C)nn2CC)NC)o1. The van der Waals surface area contributed by atoms with Gasteiger partial charge in [-0.15, -0.1) is 0 Å². The molecule has 0 radical (unpaired) electrons. The zero-order valence-electron chi connectivity index (χ0n) is 12.5. The average molecular weight is 340 g/mol. The maximum Gasteiger partial charge on any atom is 0.121 e. The van der Waals surface area contributed by atoms with Crippen molar-refractivity contribution in [2.24, 2.45) is 0 Å². The predicted octanol–water partition coefficient (Wildman–Crippen LogP) is 3.63. The molecule has 2 rings (SSSR count). The van der Waals surface area contributed by atoms with Gasteiger partial charge in [0.1, 0.15) is 11.5 Å². The molecule has 4 nitrogen and oxygen atoms in total. The van der Waals surface area contributed by atoms with Crippen molar-refractivity contribution in [1.82, 2.24) is 15.1 Å². The maximum atomic E-state index is 5.87. The average Bonchev–Trinajstić information content (AvgIpc) is 3.03. The molecule has 2 aromatic heterocycles. The van der Waals surface area contributed by atoms with Gasteiger partial charge in [0.05, 0.1) is 21.9 Å². The van der Waals surface area contributed by atoms with Gasteiger partial charge in [0, 0.05) is 19.4 Å². The smallest absolute Gasteiger partial charge is 0.121 e. The summed E-state index contributed by atoms with van der Waals surface area (Å²) in [7, 11) is 1.96. The lowest BCUT2D eigenvalue weighted by Crippen LogP contribution is -2.20. The van der Waals surface area contributed by atoms with Crippen LogP contribution in [-0.4, -0.2) is 16.8 Å². The van der Waals surface area contributed by atoms with Crippen molar-refractivity contribution in [1.29, 1.82) is 0 Å². The van der Waals surface area contributed by atoms with Gasteiger partial charge in [-0.25, -0.2) is 0 Å². The molecule has 5 heteroatoms. The fraction of sp³-hybridized carbons (Fsp3) is 0.533. The van der Waals surface area contributed by atoms with Crippen molar-refractivity contribution >= 4 is 15.9 Å². The highest BCUT2D eigenvalue weighted by Crippen LogP contribution is 2.27. The van der Waals surface area contributed by atoms with Crippen LogP contribution in [0, 0.1) is 6.92 Å². The molecule has 1 unspecified atom stereocenters. The van der Waals surface area contributed by atoms with Crippen molar-refractivity contribution < 1.29 is 4.42 Å². The summed E-state index contributed by atoms with van der Waals surface area (Å²) in [5.74, 6) is 2.01. The number of aromatic nitrogens is 2. The normalized spacial score (nSPS) is 12.8. The Balaban J connectivity index is 2.26. The number of halogens is 1. The van der Waals surface area contributed by atoms with Crippen LogP contribution >= 0.6 is 15.9 Å². The van der Waals surface area contributed by atoms with Crippen LogP contribution in [-0.2, 0) is 19.4 Å². The monoisotopic (exact) mass is 339 g/mol. The number of furan rings is 1. The van der Waals surface area contributed by atoms with Gasteiger partial charge in [0.2, 0.25) is 0 Å². The van der Waals surface area contributed by atoms with Crippen molar-refractivity contribution in [3.63, 3.8) is 0 Å². The second kappa shape index (κ2) is 6.59. The summed E-state index contributed by atoms with van der Waals surface area (Å²) in [6, 6.07) is 4.28. The zero-order valence-corrected chi connectivity index (χ0v) is 14.1. The quantitative estimate of drug-likeness (QED) is 0.873. The molecule has 1 N–H and O–H groups in total. The second-order valence-corrected chi connectivity index (χ2v) is 5.66. The molecular weight excluding hydrogens is 318 g/mol. The first-order valence-corrected chi connectivity index (χ1v) is 7.87. The summed E-state index contributed by atoms with van der Waals surface area (Å²) < 4.78 is 9.02. The van der Waals surface area contributed by atoms with E-state index < -0.39 is 0 Å². The highest BCUT2D eigenvalue weighted by atomic mass is 79.9. The van der Waals surface area contributed by atoms with Gasteiger partial charge < -0.3 is 9.73 Å². The highest BCUT2D eigenvalue weighted by molar-refractivity contribution is 9.10. The number of hydrogen-bond acceptors (Lipinski definition) is 3. The minimum Gasteiger partial charge on any atom is -0.464 e. The van der Waals surface area contributed by atoms with Crippen LogP contribution < -0.4 is 5.32 Å². The van der Waals surface area contributed by atoms with E-state index in [1.807, 2.05) is 18.7 Å². The first kappa shape index (κ1) is 15.3. The number of rotatable bonds is 6. The molecular formula is C15H22BrN3O. The predicted molar refractivity (Wildman–Crippen MR) is 83.9 cm³/mol. The van der Waals surface area contributed by atoms with Crippen LogP contribution in [0.2, 0.25) is 0 Å². The van der Waals surface area contributed by atoms with Crippen LogP contribution in [0.5, 0.6) is 0 Å². The van der Waals surface area contributed by atoms with Gasteiger partial charge in [0.25, 0.3) is 0 Å². The van der Waals surface area contributed by atoms with E-state index in [0.717, 1.165) is 41.1 Å². The van der Waals surface area contributed by atoms with E-state index in [1.54, 1.807) is 0 Å². The molecule has 0 saturated heterocycles. The summed E-state index contributed by atoms with van der Waals surface area (Å²) >= 11 is 3.65. The number of hydrogen-bond donors (Lipinski definition) is 1. The van der Waals surface area contributed by atoms with Crippen molar-refractivity contribution in [2.45, 2.75) is 46.2 Å². The molecule has 20 heavy (non-hydrogen) atoms. The third-order valence-corrected chi connectivity index (χ3v) is 4.60. The Morgan fingerprint density at radius 3 is 2.70 bits per heavy atom. The third-order valence-electron chi connectivity index (χ3n) is 3.57. The standard InChI is InChI=1S/C15H22BrN3O/c1-5-11-7-8-14(20-11)12(17-4)9-13-15(16)10(3)18-19(13)6-2/h7-8,12,17H,5-6,9H2,1-4H3. The van der Waals surface area contributed by atoms with Gasteiger partial charge >= 0.3 is 0 Å². The number of nitrogens with one attached hydrogen (secondary N) is 1. The van der Waals surface area contributed by atoms with Crippen molar-refractivity contribution in [2.75, 3.05) is 7.05 Å². The second-order valence-electron chi connectivity index (χ2n) is 4.86. The van der Waals surface area contributed by atoms with E-state index in [0.29, 0.717) is 0 Å². The molecule has 0 spiro atoms. The minimum absolute atomic E-state index is 0.160. The van der Waals surface area contributed by atoms with E-state index in [2.05, 4.69) is 52.3 Å². The maximum absolute atomic E-state index is 5.87. The summed E-state index contributed by atoms with van der Waals surface area (Å²) in [5.41, 5.74) is 2.24. The van der Waals surface area contributed by atoms with E-state index in [-0.39, 0.29) is 6.04 Å². The summed E-state index contributed by atoms with van der Waals surface area (Å²) in [6.07, 6.45) is 1.77. The third kappa shape index (κ3) is 2.99. The molecule has 0 aliphatic heterocycles. The lowest BCUT2D eigenvalue weighted by atomic mass is 10.1. The first-order chi connectivity index (χ1) is 9.60. The van der Waals surface area contributed by atoms with Crippen LogP contribution in [0.1, 0.15) is 42.8 Å². The van der Waals surface area contributed by atoms with E-state index in [4.69, 9.17) is 4.42 Å². The number of nitrogens with zero attached hydrogens (tertiary/aromatic N) is 2. The molecule has 1 atom stereocenters. The van der Waals surface area contributed by atoms with Crippen molar-refractivity contribution in [3.8, 4) is 0 Å². The Bertz CT molecular complexity index is 574. The molecule has 0 amide bonds. The molecule has 2 heterocycles. The van der Waals surface area contributed by atoms with E-state index in [1.165, 1.54) is 5.69 Å². The van der Waals surface area contributed by atoms with Crippen LogP contribution in [0.15, 0.2) is 21.0 Å². The Kier molecular flexibility index (Phi) is 5.05. The molecule has 110 valence electrons. The molecule has 0 fully saturated rings. The topological polar surface area (TPSA) is 43.0 Å². The lowest BCUT2D eigenvalue weighted by Gasteiger charge is -2.15. The van der Waals surface area contributed by atoms with E-state index >= 15 is 0 Å². The van der Waals surface area contributed by atoms with Gasteiger partial charge in [0.15, 0.2) is 0 Å². The Morgan fingerprint density at radius 2 is 2.15 bits per heavy atom. The molecule has 2 aromatic rings. The van der Waals surface area contributed by atoms with Crippen LogP contribution in [0.4, 0.5) is 0 Å². The molecule has 0 bridgehead atoms. The van der Waals surface area contributed by atoms with Crippen molar-refractivity contribution in [3.05, 3.63) is 39.5 Å². The Hall–Kier alpha value is -1.07. The Labute approximate surface area is 128 Å². The number of likely N-dealkylation sites (N-methyl/N-ethyl adjacent to an activating group) is 1. The zero-order chi connectivity index (χ0) is 14.7. The highest BCUT2D eigenvalue weighted by Gasteiger charge is 2.20. The van der Waals surface area contributed by atoms with Gasteiger partial charge in [-0.1, -0.05) is 6.92 Å². The number of aryl methyl sites for hydroxylation is 3. The summed E-state index contributed by atoms with van der Waals surface area (Å²) in [4.78, 5) is 0. The van der Waals surface area contributed by atoms with Gasteiger partial charge in [-0.3, -0.25) is 4.68 Å². The Morgan fingerprint density at radius 1 is 1.40 bits per heavy atom. The molecule has 0 aromatic carbocycles. The lowest BCUT2D eigenvalue weighted by molar-refractivity contribution is 0.400. The largest absolute Gasteiger partial charge is 0.464 e. The van der Waals surface area contributed by atoms with E-state index in [9.17, 15) is 0 Å². The summed E-state index contributed by atoms with van der Waals surface area (Å²) in [6.45, 7) is 7.11. The van der Waals surface area contributed by atoms with Crippen LogP contribution in [0.25, 0.3) is 0 Å². The summed E-state index contributed by atoms with van der Waals surface area (Å²) in [5, 5.41) is 7.88. The van der Waals surface area contributed by atoms with Gasteiger partial charge in [-0.2, -0.15) is 5.10 Å². The molecule has 0 aliphatic rings.